The molecule has 34 heavy (non-hydrogen) atoms. The molecule has 6 atom stereocenters. The largest absolute Gasteiger partial charge is 0.371 e. The van der Waals surface area contributed by atoms with Crippen LogP contribution in [0.2, 0.25) is 0 Å². The van der Waals surface area contributed by atoms with Gasteiger partial charge in [-0.3, -0.25) is 4.57 Å². The summed E-state index contributed by atoms with van der Waals surface area (Å²) >= 11 is 0. The minimum absolute atomic E-state index is 0.286. The molecule has 4 rings (SSSR count). The fourth-order valence-corrected chi connectivity index (χ4v) is 7.52. The first-order chi connectivity index (χ1) is 16.0. The zero-order chi connectivity index (χ0) is 24.7. The number of ether oxygens (including phenoxy) is 6. The lowest BCUT2D eigenvalue weighted by Crippen LogP contribution is -2.57. The molecular weight excluding hydrogens is 461 g/mol. The van der Waals surface area contributed by atoms with Crippen molar-refractivity contribution in [2.75, 3.05) is 25.1 Å². The summed E-state index contributed by atoms with van der Waals surface area (Å²) in [6.07, 6.45) is -2.32. The number of anilines is 1. The van der Waals surface area contributed by atoms with Crippen molar-refractivity contribution >= 4 is 13.1 Å². The Morgan fingerprint density at radius 3 is 2.15 bits per heavy atom. The number of benzene rings is 1. The number of fused-ring (bicyclic) bond motifs is 1. The van der Waals surface area contributed by atoms with E-state index in [2.05, 4.69) is 5.32 Å². The fourth-order valence-electron chi connectivity index (χ4n) is 4.71. The van der Waals surface area contributed by atoms with Gasteiger partial charge in [-0.25, -0.2) is 0 Å². The number of aryl methyl sites for hydroxylation is 1. The molecule has 0 saturated carbocycles. The molecule has 10 heteroatoms. The topological polar surface area (TPSA) is 93.7 Å². The van der Waals surface area contributed by atoms with Crippen LogP contribution < -0.4 is 5.32 Å². The van der Waals surface area contributed by atoms with Crippen molar-refractivity contribution in [1.82, 2.24) is 0 Å². The molecule has 0 radical (unpaired) electrons. The standard InChI is InChI=1S/C24H38NO8P/c1-8-27-22(28-9-2)34(26)21(25-16-12-10-15(3)11-13-16)20-19(31-24(6,7)32-20)18(33-34)17-14-29-23(4,5)30-17/h10-13,17-22,25H,8-9,14H2,1-7H3/t17-,18-,19+,20+,21-,34-/m1/s1. The summed E-state index contributed by atoms with van der Waals surface area (Å²) in [5.74, 6) is -2.45. The van der Waals surface area contributed by atoms with Crippen LogP contribution in [0, 0.1) is 6.92 Å². The Morgan fingerprint density at radius 1 is 0.971 bits per heavy atom. The molecule has 192 valence electrons. The lowest BCUT2D eigenvalue weighted by atomic mass is 10.0. The van der Waals surface area contributed by atoms with Crippen molar-refractivity contribution in [3.8, 4) is 0 Å². The van der Waals surface area contributed by atoms with Gasteiger partial charge in [0.05, 0.1) is 6.61 Å². The first kappa shape index (κ1) is 26.0. The second-order valence-corrected chi connectivity index (χ2v) is 12.3. The maximum Gasteiger partial charge on any atom is 0.282 e. The molecule has 3 aliphatic rings. The Morgan fingerprint density at radius 2 is 1.59 bits per heavy atom. The zero-order valence-electron chi connectivity index (χ0n) is 21.1. The van der Waals surface area contributed by atoms with Crippen LogP contribution in [0.25, 0.3) is 0 Å². The third kappa shape index (κ3) is 5.22. The summed E-state index contributed by atoms with van der Waals surface area (Å²) in [6, 6.07) is 6.78. The second-order valence-electron chi connectivity index (χ2n) is 9.82. The van der Waals surface area contributed by atoms with Gasteiger partial charge >= 0.3 is 0 Å². The van der Waals surface area contributed by atoms with Gasteiger partial charge in [0.25, 0.3) is 7.37 Å². The molecule has 1 N–H and O–H groups in total. The molecular formula is C24H38NO8P. The van der Waals surface area contributed by atoms with Gasteiger partial charge in [0, 0.05) is 18.9 Å². The fraction of sp³-hybridized carbons (Fsp3) is 0.750. The number of hydrogen-bond donors (Lipinski definition) is 1. The predicted octanol–water partition coefficient (Wildman–Crippen LogP) is 4.44. The molecule has 0 spiro atoms. The summed E-state index contributed by atoms with van der Waals surface area (Å²) in [4.78, 5) is 0. The van der Waals surface area contributed by atoms with E-state index in [1.807, 2.05) is 72.7 Å². The summed E-state index contributed by atoms with van der Waals surface area (Å²) in [5, 5.41) is 3.41. The normalized spacial score (nSPS) is 36.5. The Hall–Kier alpha value is -1.03. The molecule has 1 aromatic carbocycles. The van der Waals surface area contributed by atoms with Gasteiger partial charge in [-0.2, -0.15) is 0 Å². The van der Waals surface area contributed by atoms with Gasteiger partial charge in [0.15, 0.2) is 11.6 Å². The summed E-state index contributed by atoms with van der Waals surface area (Å²) in [6.45, 7) is 14.0. The molecule has 3 fully saturated rings. The zero-order valence-corrected chi connectivity index (χ0v) is 22.0. The van der Waals surface area contributed by atoms with Crippen molar-refractivity contribution in [1.29, 1.82) is 0 Å². The van der Waals surface area contributed by atoms with Crippen LogP contribution in [0.3, 0.4) is 0 Å². The molecule has 0 aliphatic carbocycles. The van der Waals surface area contributed by atoms with E-state index in [1.165, 1.54) is 0 Å². The number of hydrogen-bond acceptors (Lipinski definition) is 9. The van der Waals surface area contributed by atoms with Crippen LogP contribution in [0.5, 0.6) is 0 Å². The van der Waals surface area contributed by atoms with E-state index in [0.29, 0.717) is 13.2 Å². The van der Waals surface area contributed by atoms with Crippen LogP contribution in [-0.2, 0) is 37.5 Å². The Bertz CT molecular complexity index is 885. The molecule has 9 nitrogen and oxygen atoms in total. The first-order valence-corrected chi connectivity index (χ1v) is 13.8. The highest BCUT2D eigenvalue weighted by Crippen LogP contribution is 2.65. The highest BCUT2D eigenvalue weighted by molar-refractivity contribution is 7.60. The monoisotopic (exact) mass is 499 g/mol. The van der Waals surface area contributed by atoms with Crippen molar-refractivity contribution in [3.05, 3.63) is 29.8 Å². The van der Waals surface area contributed by atoms with Crippen LogP contribution in [0.1, 0.15) is 47.1 Å². The predicted molar refractivity (Wildman–Crippen MR) is 127 cm³/mol. The highest BCUT2D eigenvalue weighted by atomic mass is 31.2. The van der Waals surface area contributed by atoms with Crippen molar-refractivity contribution in [2.45, 2.75) is 96.3 Å². The van der Waals surface area contributed by atoms with Crippen molar-refractivity contribution in [3.63, 3.8) is 0 Å². The summed E-state index contributed by atoms with van der Waals surface area (Å²) < 4.78 is 57.6. The van der Waals surface area contributed by atoms with Gasteiger partial charge in [0.2, 0.25) is 6.03 Å². The number of nitrogens with one attached hydrogen (secondary N) is 1. The summed E-state index contributed by atoms with van der Waals surface area (Å²) in [5.41, 5.74) is 1.91. The Balaban J connectivity index is 1.75. The maximum absolute atomic E-state index is 14.8. The third-order valence-electron chi connectivity index (χ3n) is 6.15. The van der Waals surface area contributed by atoms with Crippen molar-refractivity contribution in [2.24, 2.45) is 0 Å². The smallest absolute Gasteiger partial charge is 0.282 e. The second kappa shape index (κ2) is 9.79. The third-order valence-corrected chi connectivity index (χ3v) is 8.81. The van der Waals surface area contributed by atoms with Gasteiger partial charge in [-0.15, -0.1) is 0 Å². The molecule has 3 aliphatic heterocycles. The van der Waals surface area contributed by atoms with E-state index in [0.717, 1.165) is 11.3 Å². The average molecular weight is 500 g/mol. The minimum Gasteiger partial charge on any atom is -0.371 e. The van der Waals surface area contributed by atoms with E-state index in [1.54, 1.807) is 0 Å². The summed E-state index contributed by atoms with van der Waals surface area (Å²) in [7, 11) is -3.72. The van der Waals surface area contributed by atoms with Gasteiger partial charge in [0.1, 0.15) is 30.2 Å². The SMILES string of the molecule is CCOC(OCC)[P@]1(=O)O[C@H]([C@H]2COC(C)(C)O2)[C@@H]2OC(C)(C)O[C@@H]2[C@@H]1Nc1ccc(C)cc1. The van der Waals surface area contributed by atoms with E-state index >= 15 is 0 Å². The molecule has 0 unspecified atom stereocenters. The van der Waals surface area contributed by atoms with E-state index in [-0.39, 0.29) is 6.61 Å². The van der Waals surface area contributed by atoms with Crippen LogP contribution in [0.15, 0.2) is 24.3 Å². The van der Waals surface area contributed by atoms with Gasteiger partial charge in [-0.05, 0) is 60.6 Å². The molecule has 0 amide bonds. The van der Waals surface area contributed by atoms with E-state index in [9.17, 15) is 4.57 Å². The average Bonchev–Trinajstić information content (AvgIpc) is 3.29. The van der Waals surface area contributed by atoms with Crippen LogP contribution in [-0.4, -0.2) is 67.6 Å². The Labute approximate surface area is 202 Å². The quantitative estimate of drug-likeness (QED) is 0.412. The van der Waals surface area contributed by atoms with Crippen molar-refractivity contribution < 1.29 is 37.5 Å². The van der Waals surface area contributed by atoms with E-state index in [4.69, 9.17) is 32.9 Å². The minimum atomic E-state index is -3.72. The molecule has 0 bridgehead atoms. The van der Waals surface area contributed by atoms with Gasteiger partial charge in [-0.1, -0.05) is 17.7 Å². The lowest BCUT2D eigenvalue weighted by molar-refractivity contribution is -0.176. The van der Waals surface area contributed by atoms with Crippen LogP contribution >= 0.6 is 7.37 Å². The lowest BCUT2D eigenvalue weighted by Gasteiger charge is -2.45. The Kier molecular flexibility index (Phi) is 7.50. The highest BCUT2D eigenvalue weighted by Gasteiger charge is 2.64. The first-order valence-electron chi connectivity index (χ1n) is 12.0. The number of rotatable bonds is 8. The molecule has 3 saturated heterocycles. The van der Waals surface area contributed by atoms with E-state index < -0.39 is 55.2 Å². The molecule has 0 aromatic heterocycles. The van der Waals surface area contributed by atoms with Gasteiger partial charge < -0.3 is 38.3 Å². The maximum atomic E-state index is 14.8. The van der Waals surface area contributed by atoms with Crippen LogP contribution in [0.4, 0.5) is 5.69 Å². The molecule has 1 aromatic rings. The molecule has 3 heterocycles.